The molecular formula is C14H20FN3O. The van der Waals surface area contributed by atoms with Crippen LogP contribution in [0.15, 0.2) is 23.4 Å². The van der Waals surface area contributed by atoms with Crippen LogP contribution in [0.3, 0.4) is 0 Å². The van der Waals surface area contributed by atoms with E-state index in [2.05, 4.69) is 23.9 Å². The summed E-state index contributed by atoms with van der Waals surface area (Å²) in [4.78, 5) is 2.12. The van der Waals surface area contributed by atoms with Gasteiger partial charge in [0.1, 0.15) is 5.82 Å². The fourth-order valence-electron chi connectivity index (χ4n) is 2.18. The molecule has 104 valence electrons. The van der Waals surface area contributed by atoms with E-state index in [4.69, 9.17) is 10.9 Å². The number of halogens is 1. The largest absolute Gasteiger partial charge is 0.409 e. The first-order valence-electron chi connectivity index (χ1n) is 6.57. The van der Waals surface area contributed by atoms with Crippen LogP contribution in [-0.4, -0.2) is 23.6 Å². The molecule has 1 aromatic rings. The van der Waals surface area contributed by atoms with Gasteiger partial charge in [-0.2, -0.15) is 0 Å². The van der Waals surface area contributed by atoms with Crippen LogP contribution in [0, 0.1) is 11.7 Å². The monoisotopic (exact) mass is 265 g/mol. The molecule has 1 aromatic carbocycles. The van der Waals surface area contributed by atoms with Gasteiger partial charge in [0.2, 0.25) is 0 Å². The van der Waals surface area contributed by atoms with Crippen LogP contribution in [0.2, 0.25) is 0 Å². The van der Waals surface area contributed by atoms with Gasteiger partial charge < -0.3 is 15.8 Å². The van der Waals surface area contributed by atoms with E-state index in [1.165, 1.54) is 6.07 Å². The molecule has 1 aliphatic carbocycles. The van der Waals surface area contributed by atoms with Crippen LogP contribution in [0.1, 0.15) is 32.3 Å². The van der Waals surface area contributed by atoms with Crippen molar-refractivity contribution in [3.8, 4) is 0 Å². The first-order chi connectivity index (χ1) is 9.02. The lowest BCUT2D eigenvalue weighted by Crippen LogP contribution is -2.30. The average Bonchev–Trinajstić information content (AvgIpc) is 3.19. The van der Waals surface area contributed by atoms with Gasteiger partial charge in [-0.3, -0.25) is 0 Å². The van der Waals surface area contributed by atoms with Crippen LogP contribution in [0.25, 0.3) is 0 Å². The molecule has 0 atom stereocenters. The molecule has 0 aliphatic heterocycles. The molecule has 0 heterocycles. The van der Waals surface area contributed by atoms with Gasteiger partial charge in [0.05, 0.1) is 5.69 Å². The van der Waals surface area contributed by atoms with Crippen LogP contribution < -0.4 is 10.6 Å². The highest BCUT2D eigenvalue weighted by Gasteiger charge is 2.31. The van der Waals surface area contributed by atoms with Gasteiger partial charge in [0.25, 0.3) is 0 Å². The first kappa shape index (κ1) is 13.6. The standard InChI is InChI=1S/C14H20FN3O/c1-9(2)8-18(11-4-5-11)13-6-3-10(7-12(13)15)14(16)17-19/h3,6-7,9,11,19H,4-5,8H2,1-2H3,(H2,16,17). The molecule has 0 saturated heterocycles. The molecule has 1 aliphatic rings. The maximum Gasteiger partial charge on any atom is 0.170 e. The van der Waals surface area contributed by atoms with Gasteiger partial charge in [-0.15, -0.1) is 0 Å². The average molecular weight is 265 g/mol. The van der Waals surface area contributed by atoms with E-state index in [1.54, 1.807) is 12.1 Å². The van der Waals surface area contributed by atoms with E-state index < -0.39 is 0 Å². The third kappa shape index (κ3) is 3.16. The Morgan fingerprint density at radius 2 is 2.21 bits per heavy atom. The molecule has 3 N–H and O–H groups in total. The number of hydrogen-bond acceptors (Lipinski definition) is 3. The summed E-state index contributed by atoms with van der Waals surface area (Å²) in [6.45, 7) is 5.08. The predicted octanol–water partition coefficient (Wildman–Crippen LogP) is 2.55. The fraction of sp³-hybridized carbons (Fsp3) is 0.500. The molecule has 2 rings (SSSR count). The van der Waals surface area contributed by atoms with E-state index >= 15 is 0 Å². The zero-order chi connectivity index (χ0) is 14.0. The lowest BCUT2D eigenvalue weighted by atomic mass is 10.1. The van der Waals surface area contributed by atoms with E-state index in [0.717, 1.165) is 19.4 Å². The second-order valence-corrected chi connectivity index (χ2v) is 5.43. The molecule has 1 fully saturated rings. The molecular weight excluding hydrogens is 245 g/mol. The summed E-state index contributed by atoms with van der Waals surface area (Å²) in [7, 11) is 0. The summed E-state index contributed by atoms with van der Waals surface area (Å²) in [5, 5.41) is 11.5. The number of rotatable bonds is 5. The Kier molecular flexibility index (Phi) is 3.93. The van der Waals surface area contributed by atoms with Crippen molar-refractivity contribution in [3.05, 3.63) is 29.6 Å². The van der Waals surface area contributed by atoms with Crippen LogP contribution >= 0.6 is 0 Å². The third-order valence-electron chi connectivity index (χ3n) is 3.21. The second kappa shape index (κ2) is 5.47. The zero-order valence-corrected chi connectivity index (χ0v) is 11.3. The minimum Gasteiger partial charge on any atom is -0.409 e. The number of hydrogen-bond donors (Lipinski definition) is 2. The number of nitrogens with zero attached hydrogens (tertiary/aromatic N) is 2. The number of amidine groups is 1. The molecule has 0 radical (unpaired) electrons. The lowest BCUT2D eigenvalue weighted by Gasteiger charge is -2.27. The number of anilines is 1. The smallest absolute Gasteiger partial charge is 0.170 e. The number of nitrogens with two attached hydrogens (primary N) is 1. The van der Waals surface area contributed by atoms with Gasteiger partial charge >= 0.3 is 0 Å². The van der Waals surface area contributed by atoms with Crippen molar-refractivity contribution in [1.82, 2.24) is 0 Å². The highest BCUT2D eigenvalue weighted by Crippen LogP contribution is 2.34. The van der Waals surface area contributed by atoms with Crippen LogP contribution in [0.5, 0.6) is 0 Å². The molecule has 19 heavy (non-hydrogen) atoms. The Morgan fingerprint density at radius 3 is 2.68 bits per heavy atom. The van der Waals surface area contributed by atoms with Crippen molar-refractivity contribution >= 4 is 11.5 Å². The first-order valence-corrected chi connectivity index (χ1v) is 6.57. The summed E-state index contributed by atoms with van der Waals surface area (Å²) in [5.74, 6) is 0.0766. The van der Waals surface area contributed by atoms with Gasteiger partial charge in [-0.25, -0.2) is 4.39 Å². The maximum atomic E-state index is 14.2. The second-order valence-electron chi connectivity index (χ2n) is 5.43. The fourth-order valence-corrected chi connectivity index (χ4v) is 2.18. The lowest BCUT2D eigenvalue weighted by molar-refractivity contribution is 0.318. The SMILES string of the molecule is CC(C)CN(c1ccc(C(N)=NO)cc1F)C1CC1. The Balaban J connectivity index is 2.28. The molecule has 0 aromatic heterocycles. The van der Waals surface area contributed by atoms with Gasteiger partial charge in [-0.1, -0.05) is 19.0 Å². The van der Waals surface area contributed by atoms with Gasteiger partial charge in [-0.05, 0) is 37.0 Å². The van der Waals surface area contributed by atoms with Crippen molar-refractivity contribution < 1.29 is 9.60 Å². The van der Waals surface area contributed by atoms with Crippen molar-refractivity contribution in [2.45, 2.75) is 32.7 Å². The molecule has 4 nitrogen and oxygen atoms in total. The van der Waals surface area contributed by atoms with Crippen LogP contribution in [-0.2, 0) is 0 Å². The predicted molar refractivity (Wildman–Crippen MR) is 74.1 cm³/mol. The highest BCUT2D eigenvalue weighted by atomic mass is 19.1. The zero-order valence-electron chi connectivity index (χ0n) is 11.3. The van der Waals surface area contributed by atoms with Crippen molar-refractivity contribution in [3.63, 3.8) is 0 Å². The van der Waals surface area contributed by atoms with Crippen molar-refractivity contribution in [2.75, 3.05) is 11.4 Å². The Morgan fingerprint density at radius 1 is 1.53 bits per heavy atom. The molecule has 0 spiro atoms. The molecule has 1 saturated carbocycles. The Hall–Kier alpha value is -1.78. The Bertz CT molecular complexity index is 484. The van der Waals surface area contributed by atoms with Crippen molar-refractivity contribution in [2.24, 2.45) is 16.8 Å². The highest BCUT2D eigenvalue weighted by molar-refractivity contribution is 5.97. The summed E-state index contributed by atoms with van der Waals surface area (Å²) < 4.78 is 14.2. The van der Waals surface area contributed by atoms with Crippen molar-refractivity contribution in [1.29, 1.82) is 0 Å². The molecule has 5 heteroatoms. The summed E-state index contributed by atoms with van der Waals surface area (Å²) in [5.41, 5.74) is 6.46. The van der Waals surface area contributed by atoms with E-state index in [1.807, 2.05) is 0 Å². The Labute approximate surface area is 112 Å². The summed E-state index contributed by atoms with van der Waals surface area (Å²) >= 11 is 0. The van der Waals surface area contributed by atoms with Gasteiger partial charge in [0.15, 0.2) is 5.84 Å². The van der Waals surface area contributed by atoms with Gasteiger partial charge in [0, 0.05) is 18.2 Å². The summed E-state index contributed by atoms with van der Waals surface area (Å²) in [6.07, 6.45) is 2.24. The quantitative estimate of drug-likeness (QED) is 0.372. The molecule has 0 amide bonds. The van der Waals surface area contributed by atoms with Crippen LogP contribution in [0.4, 0.5) is 10.1 Å². The minimum absolute atomic E-state index is 0.0766. The summed E-state index contributed by atoms with van der Waals surface area (Å²) in [6, 6.07) is 5.17. The number of oxime groups is 1. The van der Waals surface area contributed by atoms with E-state index in [-0.39, 0.29) is 11.7 Å². The molecule has 0 unspecified atom stereocenters. The van der Waals surface area contributed by atoms with E-state index in [0.29, 0.717) is 23.2 Å². The topological polar surface area (TPSA) is 61.8 Å². The number of benzene rings is 1. The maximum absolute atomic E-state index is 14.2. The molecule has 0 bridgehead atoms. The minimum atomic E-state index is -0.323. The van der Waals surface area contributed by atoms with E-state index in [9.17, 15) is 4.39 Å². The third-order valence-corrected chi connectivity index (χ3v) is 3.21. The normalized spacial score (nSPS) is 15.9.